The van der Waals surface area contributed by atoms with Gasteiger partial charge in [0.25, 0.3) is 5.22 Å². The van der Waals surface area contributed by atoms with Crippen LogP contribution in [0.5, 0.6) is 0 Å². The van der Waals surface area contributed by atoms with E-state index in [1.54, 1.807) is 0 Å². The molecule has 1 aliphatic heterocycles. The van der Waals surface area contributed by atoms with Crippen molar-refractivity contribution in [2.75, 3.05) is 17.3 Å². The summed E-state index contributed by atoms with van der Waals surface area (Å²) in [6.45, 7) is 2.15. The Morgan fingerprint density at radius 2 is 2.35 bits per heavy atom. The van der Waals surface area contributed by atoms with Gasteiger partial charge in [0, 0.05) is 16.8 Å². The highest BCUT2D eigenvalue weighted by Crippen LogP contribution is 2.41. The van der Waals surface area contributed by atoms with Crippen LogP contribution in [0.25, 0.3) is 0 Å². The minimum atomic E-state index is -0.884. The van der Waals surface area contributed by atoms with Crippen LogP contribution in [0.4, 0.5) is 0 Å². The van der Waals surface area contributed by atoms with Gasteiger partial charge in [0.2, 0.25) is 0 Å². The Hall–Kier alpha value is -0.340. The number of rotatable bonds is 4. The van der Waals surface area contributed by atoms with Crippen molar-refractivity contribution in [2.45, 2.75) is 22.6 Å². The second kappa shape index (κ2) is 6.01. The van der Waals surface area contributed by atoms with E-state index in [-0.39, 0.29) is 11.0 Å². The van der Waals surface area contributed by atoms with Crippen molar-refractivity contribution in [1.29, 1.82) is 0 Å². The van der Waals surface area contributed by atoms with Crippen molar-refractivity contribution in [2.24, 2.45) is 0 Å². The van der Waals surface area contributed by atoms with Crippen LogP contribution in [0, 0.1) is 0 Å². The second-order valence-corrected chi connectivity index (χ2v) is 7.13. The van der Waals surface area contributed by atoms with Crippen LogP contribution in [0.2, 0.25) is 0 Å². The first-order valence-corrected chi connectivity index (χ1v) is 8.16. The summed E-state index contributed by atoms with van der Waals surface area (Å²) in [6.07, 6.45) is 0. The first kappa shape index (κ1) is 13.1. The van der Waals surface area contributed by atoms with E-state index in [4.69, 9.17) is 9.63 Å². The molecule has 2 atom stereocenters. The quantitative estimate of drug-likeness (QED) is 0.846. The second-order valence-electron chi connectivity index (χ2n) is 3.47. The highest BCUT2D eigenvalue weighted by Gasteiger charge is 2.28. The molecule has 2 unspecified atom stereocenters. The van der Waals surface area contributed by atoms with Crippen LogP contribution in [0.3, 0.4) is 0 Å². The van der Waals surface area contributed by atoms with Crippen LogP contribution < -0.4 is 0 Å². The molecule has 1 saturated heterocycles. The molecule has 0 bridgehead atoms. The molecule has 0 aliphatic carbocycles. The minimum absolute atomic E-state index is 0.0518. The third-order valence-corrected chi connectivity index (χ3v) is 6.08. The number of nitrogens with zero attached hydrogens (tertiary/aromatic N) is 2. The monoisotopic (exact) mass is 292 g/mol. The maximum absolute atomic E-state index is 10.4. The zero-order valence-corrected chi connectivity index (χ0v) is 11.6. The van der Waals surface area contributed by atoms with E-state index in [1.165, 1.54) is 0 Å². The predicted octanol–water partition coefficient (Wildman–Crippen LogP) is 2.16. The summed E-state index contributed by atoms with van der Waals surface area (Å²) in [5.74, 6) is 1.99. The summed E-state index contributed by atoms with van der Waals surface area (Å²) in [6, 6.07) is 0. The van der Waals surface area contributed by atoms with Crippen LogP contribution >= 0.6 is 35.3 Å². The summed E-state index contributed by atoms with van der Waals surface area (Å²) >= 11 is 4.79. The lowest BCUT2D eigenvalue weighted by Crippen LogP contribution is -2.16. The number of aliphatic carboxylic acids is 1. The van der Waals surface area contributed by atoms with Gasteiger partial charge in [-0.25, -0.2) is 0 Å². The van der Waals surface area contributed by atoms with Gasteiger partial charge in [-0.15, -0.1) is 11.8 Å². The lowest BCUT2D eigenvalue weighted by atomic mass is 10.3. The van der Waals surface area contributed by atoms with E-state index < -0.39 is 5.97 Å². The van der Waals surface area contributed by atoms with Crippen molar-refractivity contribution >= 4 is 41.3 Å². The maximum Gasteiger partial charge on any atom is 0.314 e. The molecule has 5 nitrogen and oxygen atoms in total. The smallest absolute Gasteiger partial charge is 0.314 e. The van der Waals surface area contributed by atoms with Gasteiger partial charge in [-0.05, 0) is 0 Å². The fourth-order valence-corrected chi connectivity index (χ4v) is 4.61. The van der Waals surface area contributed by atoms with E-state index in [0.717, 1.165) is 23.3 Å². The van der Waals surface area contributed by atoms with Crippen molar-refractivity contribution in [1.82, 2.24) is 10.1 Å². The van der Waals surface area contributed by atoms with Crippen LogP contribution in [-0.2, 0) is 4.79 Å². The summed E-state index contributed by atoms with van der Waals surface area (Å²) in [4.78, 5) is 14.7. The van der Waals surface area contributed by atoms with Crippen LogP contribution in [0.1, 0.15) is 18.0 Å². The lowest BCUT2D eigenvalue weighted by molar-refractivity contribution is -0.133. The molecule has 0 radical (unpaired) electrons. The number of thioether (sulfide) groups is 3. The molecule has 17 heavy (non-hydrogen) atoms. The van der Waals surface area contributed by atoms with Gasteiger partial charge in [0.15, 0.2) is 5.82 Å². The Labute approximate surface area is 111 Å². The van der Waals surface area contributed by atoms with E-state index in [0.29, 0.717) is 16.3 Å². The van der Waals surface area contributed by atoms with Crippen molar-refractivity contribution in [3.8, 4) is 0 Å². The Balaban J connectivity index is 1.99. The van der Waals surface area contributed by atoms with E-state index in [2.05, 4.69) is 17.1 Å². The molecule has 1 fully saturated rings. The van der Waals surface area contributed by atoms with Gasteiger partial charge in [-0.1, -0.05) is 23.8 Å². The van der Waals surface area contributed by atoms with Gasteiger partial charge in [-0.3, -0.25) is 4.79 Å². The molecule has 1 aromatic heterocycles. The van der Waals surface area contributed by atoms with Crippen LogP contribution in [-0.4, -0.2) is 43.7 Å². The number of aromatic nitrogens is 2. The summed E-state index contributed by atoms with van der Waals surface area (Å²) < 4.78 is 5.03. The summed E-state index contributed by atoms with van der Waals surface area (Å²) in [5, 5.41) is 13.5. The molecular weight excluding hydrogens is 280 g/mol. The van der Waals surface area contributed by atoms with Crippen molar-refractivity contribution in [3.05, 3.63) is 5.82 Å². The zero-order valence-electron chi connectivity index (χ0n) is 9.16. The number of carbonyl (C=O) groups is 1. The normalized spacial score (nSPS) is 24.8. The molecule has 8 heteroatoms. The molecular formula is C9H12N2O3S3. The Morgan fingerprint density at radius 1 is 1.59 bits per heavy atom. The first-order chi connectivity index (χ1) is 8.16. The average Bonchev–Trinajstić information content (AvgIpc) is 2.75. The zero-order chi connectivity index (χ0) is 12.3. The fraction of sp³-hybridized carbons (Fsp3) is 0.667. The summed E-state index contributed by atoms with van der Waals surface area (Å²) in [5.41, 5.74) is 0. The van der Waals surface area contributed by atoms with Crippen LogP contribution in [0.15, 0.2) is 9.75 Å². The molecule has 0 saturated carbocycles. The standard InChI is InChI=1S/C9H12N2O3S3/c1-5-7(16-3-2-15-5)8-10-9(14-11-8)17-4-6(12)13/h5,7H,2-4H2,1H3,(H,12,13). The maximum atomic E-state index is 10.4. The number of carboxylic acids is 1. The lowest BCUT2D eigenvalue weighted by Gasteiger charge is -2.24. The van der Waals surface area contributed by atoms with E-state index in [1.807, 2.05) is 23.5 Å². The van der Waals surface area contributed by atoms with Crippen molar-refractivity contribution in [3.63, 3.8) is 0 Å². The van der Waals surface area contributed by atoms with Gasteiger partial charge in [0.05, 0.1) is 5.25 Å². The van der Waals surface area contributed by atoms with Gasteiger partial charge >= 0.3 is 5.97 Å². The number of hydrogen-bond donors (Lipinski definition) is 1. The molecule has 2 rings (SSSR count). The van der Waals surface area contributed by atoms with Gasteiger partial charge in [0.1, 0.15) is 5.75 Å². The largest absolute Gasteiger partial charge is 0.481 e. The summed E-state index contributed by atoms with van der Waals surface area (Å²) in [7, 11) is 0. The fourth-order valence-electron chi connectivity index (χ4n) is 1.43. The Kier molecular flexibility index (Phi) is 4.63. The van der Waals surface area contributed by atoms with E-state index >= 15 is 0 Å². The first-order valence-electron chi connectivity index (χ1n) is 5.08. The van der Waals surface area contributed by atoms with Gasteiger partial charge in [-0.2, -0.15) is 16.7 Å². The molecule has 0 spiro atoms. The Bertz CT molecular complexity index is 399. The molecule has 0 aromatic carbocycles. The predicted molar refractivity (Wildman–Crippen MR) is 69.8 cm³/mol. The Morgan fingerprint density at radius 3 is 3.06 bits per heavy atom. The molecule has 1 aromatic rings. The molecule has 2 heterocycles. The third-order valence-electron chi connectivity index (χ3n) is 2.18. The topological polar surface area (TPSA) is 76.2 Å². The molecule has 94 valence electrons. The minimum Gasteiger partial charge on any atom is -0.481 e. The van der Waals surface area contributed by atoms with Crippen molar-refractivity contribution < 1.29 is 14.4 Å². The highest BCUT2D eigenvalue weighted by molar-refractivity contribution is 8.06. The third kappa shape index (κ3) is 3.56. The SMILES string of the molecule is CC1SCCSC1c1noc(SCC(=O)O)n1. The number of carboxylic acid groups (broad SMARTS) is 1. The molecule has 0 amide bonds. The van der Waals surface area contributed by atoms with Gasteiger partial charge < -0.3 is 9.63 Å². The molecule has 1 aliphatic rings. The number of hydrogen-bond acceptors (Lipinski definition) is 7. The highest BCUT2D eigenvalue weighted by atomic mass is 32.2. The van der Waals surface area contributed by atoms with E-state index in [9.17, 15) is 4.79 Å². The molecule has 1 N–H and O–H groups in total. The average molecular weight is 292 g/mol.